The van der Waals surface area contributed by atoms with E-state index in [4.69, 9.17) is 14.7 Å². The Labute approximate surface area is 89.0 Å². The second-order valence-corrected chi connectivity index (χ2v) is 5.65. The lowest BCUT2D eigenvalue weighted by molar-refractivity contribution is 0.308. The van der Waals surface area contributed by atoms with Gasteiger partial charge in [-0.05, 0) is 18.6 Å². The fraction of sp³-hybridized carbons (Fsp3) is 0.400. The first-order valence-electron chi connectivity index (χ1n) is 4.73. The number of ether oxygens (including phenoxy) is 1. The maximum Gasteiger partial charge on any atom is 0.225 e. The van der Waals surface area contributed by atoms with Gasteiger partial charge in [-0.1, -0.05) is 18.2 Å². The van der Waals surface area contributed by atoms with Gasteiger partial charge in [0.05, 0.1) is 6.61 Å². The molecule has 0 amide bonds. The van der Waals surface area contributed by atoms with Crippen molar-refractivity contribution in [1.82, 2.24) is 0 Å². The molecule has 0 radical (unpaired) electrons. The minimum Gasteiger partial charge on any atom is -0.494 e. The summed E-state index contributed by atoms with van der Waals surface area (Å²) in [6.07, 6.45) is -0.0993. The van der Waals surface area contributed by atoms with Crippen molar-refractivity contribution < 1.29 is 19.3 Å². The summed E-state index contributed by atoms with van der Waals surface area (Å²) < 4.78 is 16.4. The molecule has 84 valence electrons. The summed E-state index contributed by atoms with van der Waals surface area (Å²) in [6, 6.07) is 9.26. The van der Waals surface area contributed by atoms with E-state index < -0.39 is 13.7 Å². The number of rotatable bonds is 6. The molecule has 5 heteroatoms. The van der Waals surface area contributed by atoms with Crippen molar-refractivity contribution in [2.24, 2.45) is 0 Å². The molecule has 1 atom stereocenters. The van der Waals surface area contributed by atoms with Crippen LogP contribution < -0.4 is 4.74 Å². The van der Waals surface area contributed by atoms with Crippen LogP contribution in [-0.2, 0) is 4.57 Å². The van der Waals surface area contributed by atoms with Crippen LogP contribution >= 0.6 is 7.37 Å². The van der Waals surface area contributed by atoms with E-state index in [0.29, 0.717) is 13.0 Å². The third kappa shape index (κ3) is 4.98. The van der Waals surface area contributed by atoms with Gasteiger partial charge in [0, 0.05) is 6.16 Å². The Morgan fingerprint density at radius 1 is 1.27 bits per heavy atom. The molecule has 1 unspecified atom stereocenters. The summed E-state index contributed by atoms with van der Waals surface area (Å²) in [6.45, 7) is 0.383. The number of aliphatic hydroxyl groups is 1. The zero-order chi connectivity index (χ0) is 11.1. The number of aliphatic hydroxyl groups excluding tert-OH is 1. The zero-order valence-corrected chi connectivity index (χ0v) is 9.27. The van der Waals surface area contributed by atoms with Crippen LogP contribution in [0.4, 0.5) is 0 Å². The molecular formula is C10H15O4P. The van der Waals surface area contributed by atoms with Crippen molar-refractivity contribution in [3.05, 3.63) is 30.3 Å². The number of para-hydroxylation sites is 1. The van der Waals surface area contributed by atoms with Crippen LogP contribution in [0.15, 0.2) is 30.3 Å². The third-order valence-corrected chi connectivity index (χ3v) is 3.34. The van der Waals surface area contributed by atoms with E-state index in [9.17, 15) is 4.57 Å². The van der Waals surface area contributed by atoms with Crippen LogP contribution in [0.3, 0.4) is 0 Å². The normalized spacial score (nSPS) is 14.5. The third-order valence-electron chi connectivity index (χ3n) is 1.88. The molecule has 0 aromatic heterocycles. The first kappa shape index (κ1) is 12.2. The molecule has 1 aromatic carbocycles. The minimum absolute atomic E-state index is 0.0936. The van der Waals surface area contributed by atoms with Gasteiger partial charge in [-0.3, -0.25) is 4.57 Å². The predicted octanol–water partition coefficient (Wildman–Crippen LogP) is 1.68. The van der Waals surface area contributed by atoms with Crippen molar-refractivity contribution in [2.45, 2.75) is 6.42 Å². The van der Waals surface area contributed by atoms with E-state index in [2.05, 4.69) is 0 Å². The van der Waals surface area contributed by atoms with Gasteiger partial charge in [-0.15, -0.1) is 0 Å². The Balaban J connectivity index is 2.21. The molecule has 0 bridgehead atoms. The SMILES string of the molecule is O=P(O)(CO)CCCOc1ccccc1. The molecule has 0 spiro atoms. The summed E-state index contributed by atoms with van der Waals surface area (Å²) >= 11 is 0. The van der Waals surface area contributed by atoms with Gasteiger partial charge in [0.25, 0.3) is 0 Å². The number of hydrogen-bond donors (Lipinski definition) is 2. The van der Waals surface area contributed by atoms with E-state index in [0.717, 1.165) is 5.75 Å². The van der Waals surface area contributed by atoms with Gasteiger partial charge in [0.1, 0.15) is 12.1 Å². The maximum atomic E-state index is 11.0. The lowest BCUT2D eigenvalue weighted by atomic mass is 10.3. The molecule has 0 saturated carbocycles. The highest BCUT2D eigenvalue weighted by molar-refractivity contribution is 7.57. The second-order valence-electron chi connectivity index (χ2n) is 3.23. The Bertz CT molecular complexity index is 325. The van der Waals surface area contributed by atoms with Gasteiger partial charge >= 0.3 is 0 Å². The Morgan fingerprint density at radius 2 is 1.93 bits per heavy atom. The first-order valence-corrected chi connectivity index (χ1v) is 6.76. The molecule has 0 saturated heterocycles. The molecule has 4 nitrogen and oxygen atoms in total. The van der Waals surface area contributed by atoms with Crippen LogP contribution in [0.25, 0.3) is 0 Å². The molecule has 0 aliphatic heterocycles. The molecule has 0 aliphatic carbocycles. The van der Waals surface area contributed by atoms with Crippen molar-refractivity contribution in [2.75, 3.05) is 19.1 Å². The maximum absolute atomic E-state index is 11.0. The predicted molar refractivity (Wildman–Crippen MR) is 58.3 cm³/mol. The van der Waals surface area contributed by atoms with E-state index in [-0.39, 0.29) is 6.16 Å². The summed E-state index contributed by atoms with van der Waals surface area (Å²) in [5, 5.41) is 8.56. The smallest absolute Gasteiger partial charge is 0.225 e. The number of benzene rings is 1. The highest BCUT2D eigenvalue weighted by Gasteiger charge is 2.15. The lowest BCUT2D eigenvalue weighted by Gasteiger charge is -2.08. The van der Waals surface area contributed by atoms with Crippen LogP contribution in [0, 0.1) is 0 Å². The van der Waals surface area contributed by atoms with E-state index in [1.54, 1.807) is 0 Å². The van der Waals surface area contributed by atoms with Crippen LogP contribution in [0.1, 0.15) is 6.42 Å². The zero-order valence-electron chi connectivity index (χ0n) is 8.37. The fourth-order valence-electron chi connectivity index (χ4n) is 1.09. The highest BCUT2D eigenvalue weighted by atomic mass is 31.2. The lowest BCUT2D eigenvalue weighted by Crippen LogP contribution is -2.02. The molecule has 2 N–H and O–H groups in total. The van der Waals surface area contributed by atoms with Gasteiger partial charge in [0.2, 0.25) is 7.37 Å². The van der Waals surface area contributed by atoms with E-state index in [1.165, 1.54) is 0 Å². The van der Waals surface area contributed by atoms with Crippen LogP contribution in [-0.4, -0.2) is 29.1 Å². The molecule has 0 aliphatic rings. The van der Waals surface area contributed by atoms with Gasteiger partial charge in [-0.25, -0.2) is 0 Å². The molecule has 1 rings (SSSR count). The minimum atomic E-state index is -3.32. The monoisotopic (exact) mass is 230 g/mol. The van der Waals surface area contributed by atoms with Gasteiger partial charge in [0.15, 0.2) is 0 Å². The summed E-state index contributed by atoms with van der Waals surface area (Å²) in [5.74, 6) is 0.745. The number of hydrogen-bond acceptors (Lipinski definition) is 3. The van der Waals surface area contributed by atoms with Crippen molar-refractivity contribution in [3.63, 3.8) is 0 Å². The summed E-state index contributed by atoms with van der Waals surface area (Å²) in [4.78, 5) is 9.07. The quantitative estimate of drug-likeness (QED) is 0.576. The standard InChI is InChI=1S/C10H15O4P/c11-9-15(12,13)8-4-7-14-10-5-2-1-3-6-10/h1-3,5-6,11H,4,7-9H2,(H,12,13). The summed E-state index contributed by atoms with van der Waals surface area (Å²) in [5.41, 5.74) is 0. The van der Waals surface area contributed by atoms with Gasteiger partial charge in [-0.2, -0.15) is 0 Å². The molecular weight excluding hydrogens is 215 g/mol. The topological polar surface area (TPSA) is 66.8 Å². The average Bonchev–Trinajstić information content (AvgIpc) is 2.26. The van der Waals surface area contributed by atoms with Crippen molar-refractivity contribution >= 4 is 7.37 Å². The summed E-state index contributed by atoms with van der Waals surface area (Å²) in [7, 11) is -3.32. The largest absolute Gasteiger partial charge is 0.494 e. The van der Waals surface area contributed by atoms with Crippen LogP contribution in [0.2, 0.25) is 0 Å². The molecule has 0 fully saturated rings. The van der Waals surface area contributed by atoms with Gasteiger partial charge < -0.3 is 14.7 Å². The van der Waals surface area contributed by atoms with E-state index >= 15 is 0 Å². The highest BCUT2D eigenvalue weighted by Crippen LogP contribution is 2.39. The Kier molecular flexibility index (Phi) is 4.82. The van der Waals surface area contributed by atoms with Crippen molar-refractivity contribution in [1.29, 1.82) is 0 Å². The average molecular weight is 230 g/mol. The molecule has 1 aromatic rings. The Morgan fingerprint density at radius 3 is 2.53 bits per heavy atom. The van der Waals surface area contributed by atoms with Crippen LogP contribution in [0.5, 0.6) is 5.75 Å². The fourth-order valence-corrected chi connectivity index (χ4v) is 1.85. The van der Waals surface area contributed by atoms with Crippen molar-refractivity contribution in [3.8, 4) is 5.75 Å². The first-order chi connectivity index (χ1) is 7.14. The Hall–Kier alpha value is -0.830. The van der Waals surface area contributed by atoms with E-state index in [1.807, 2.05) is 30.3 Å². The second kappa shape index (κ2) is 5.91. The molecule has 0 heterocycles. The molecule has 15 heavy (non-hydrogen) atoms.